The van der Waals surface area contributed by atoms with Gasteiger partial charge in [-0.15, -0.1) is 5.26 Å². The van der Waals surface area contributed by atoms with Gasteiger partial charge in [-0.25, -0.2) is 4.79 Å². The Labute approximate surface area is 51.6 Å². The van der Waals surface area contributed by atoms with Crippen LogP contribution >= 0.6 is 0 Å². The minimum Gasteiger partial charge on any atom is -0.346 e. The van der Waals surface area contributed by atoms with Crippen LogP contribution in [0.3, 0.4) is 0 Å². The first-order valence-corrected chi connectivity index (χ1v) is 1.91. The molecule has 0 unspecified atom stereocenters. The van der Waals surface area contributed by atoms with Crippen molar-refractivity contribution in [3.63, 3.8) is 0 Å². The fourth-order valence-electron chi connectivity index (χ4n) is 0.149. The van der Waals surface area contributed by atoms with Gasteiger partial charge in [0.15, 0.2) is 0 Å². The molecule has 4 nitrogen and oxygen atoms in total. The fraction of sp³-hybridized carbons (Fsp3) is 0. The molecule has 0 aromatic carbocycles. The molecule has 0 aliphatic carbocycles. The molecule has 0 saturated heterocycles. The van der Waals surface area contributed by atoms with Crippen molar-refractivity contribution in [1.29, 1.82) is 10.5 Å². The Morgan fingerprint density at radius 3 is 2.44 bits per heavy atom. The second-order valence-corrected chi connectivity index (χ2v) is 1.07. The Morgan fingerprint density at radius 1 is 1.56 bits per heavy atom. The average molecular weight is 122 g/mol. The smallest absolute Gasteiger partial charge is 0.346 e. The van der Waals surface area contributed by atoms with Gasteiger partial charge in [0.2, 0.25) is 0 Å². The van der Waals surface area contributed by atoms with Crippen LogP contribution in [-0.2, 0) is 9.53 Å². The maximum Gasteiger partial charge on any atom is 0.363 e. The summed E-state index contributed by atoms with van der Waals surface area (Å²) in [5.41, 5.74) is -0.378. The van der Waals surface area contributed by atoms with E-state index in [1.54, 1.807) is 0 Å². The molecular formula is C5H2N2O2. The van der Waals surface area contributed by atoms with Crippen LogP contribution < -0.4 is 0 Å². The van der Waals surface area contributed by atoms with Gasteiger partial charge in [0, 0.05) is 0 Å². The molecule has 0 fully saturated rings. The Balaban J connectivity index is 3.97. The lowest BCUT2D eigenvalue weighted by atomic mass is 10.3. The van der Waals surface area contributed by atoms with Gasteiger partial charge in [0.25, 0.3) is 6.26 Å². The fourth-order valence-corrected chi connectivity index (χ4v) is 0.149. The summed E-state index contributed by atoms with van der Waals surface area (Å²) in [7, 11) is 0. The third-order valence-electron chi connectivity index (χ3n) is 0.520. The van der Waals surface area contributed by atoms with Gasteiger partial charge >= 0.3 is 5.97 Å². The normalized spacial score (nSPS) is 6.44. The monoisotopic (exact) mass is 122 g/mol. The van der Waals surface area contributed by atoms with Crippen molar-refractivity contribution in [1.82, 2.24) is 0 Å². The number of ether oxygens (including phenoxy) is 1. The van der Waals surface area contributed by atoms with Crippen molar-refractivity contribution < 1.29 is 9.53 Å². The van der Waals surface area contributed by atoms with Crippen molar-refractivity contribution >= 4 is 5.97 Å². The number of carbonyl (C=O) groups is 1. The Morgan fingerprint density at radius 2 is 2.11 bits per heavy atom. The Bertz CT molecular complexity index is 218. The zero-order valence-corrected chi connectivity index (χ0v) is 4.42. The van der Waals surface area contributed by atoms with E-state index in [1.807, 2.05) is 0 Å². The second kappa shape index (κ2) is 3.23. The molecule has 0 N–H and O–H groups in total. The molecule has 0 heterocycles. The molecule has 44 valence electrons. The van der Waals surface area contributed by atoms with Gasteiger partial charge in [-0.1, -0.05) is 6.58 Å². The lowest BCUT2D eigenvalue weighted by Crippen LogP contribution is -2.00. The average Bonchev–Trinajstić information content (AvgIpc) is 1.87. The molecule has 9 heavy (non-hydrogen) atoms. The van der Waals surface area contributed by atoms with E-state index in [2.05, 4.69) is 11.3 Å². The van der Waals surface area contributed by atoms with E-state index in [0.717, 1.165) is 6.26 Å². The number of nitriles is 2. The zero-order chi connectivity index (χ0) is 7.28. The molecule has 0 aliphatic rings. The van der Waals surface area contributed by atoms with E-state index in [9.17, 15) is 4.79 Å². The van der Waals surface area contributed by atoms with Crippen molar-refractivity contribution in [2.24, 2.45) is 0 Å². The number of nitrogens with zero attached hydrogens (tertiary/aromatic N) is 2. The highest BCUT2D eigenvalue weighted by atomic mass is 16.5. The quantitative estimate of drug-likeness (QED) is 0.214. The topological polar surface area (TPSA) is 73.9 Å². The van der Waals surface area contributed by atoms with Gasteiger partial charge < -0.3 is 4.74 Å². The molecule has 0 aromatic rings. The minimum atomic E-state index is -1.00. The predicted octanol–water partition coefficient (Wildman–Crippen LogP) is 0.0905. The molecule has 0 radical (unpaired) electrons. The van der Waals surface area contributed by atoms with E-state index < -0.39 is 5.97 Å². The number of hydrogen-bond donors (Lipinski definition) is 0. The molecule has 0 aromatic heterocycles. The van der Waals surface area contributed by atoms with Crippen molar-refractivity contribution in [3.8, 4) is 12.3 Å². The third kappa shape index (κ3) is 2.10. The third-order valence-corrected chi connectivity index (χ3v) is 0.520. The van der Waals surface area contributed by atoms with E-state index in [4.69, 9.17) is 10.5 Å². The molecule has 0 atom stereocenters. The number of esters is 1. The summed E-state index contributed by atoms with van der Waals surface area (Å²) in [6.45, 7) is 3.00. The zero-order valence-electron chi connectivity index (χ0n) is 4.42. The first-order valence-electron chi connectivity index (χ1n) is 1.91. The minimum absolute atomic E-state index is 0.378. The van der Waals surface area contributed by atoms with Crippen LogP contribution in [0.25, 0.3) is 0 Å². The van der Waals surface area contributed by atoms with Gasteiger partial charge in [-0.3, -0.25) is 0 Å². The van der Waals surface area contributed by atoms with Crippen LogP contribution in [0.1, 0.15) is 0 Å². The summed E-state index contributed by atoms with van der Waals surface area (Å²) < 4.78 is 3.74. The summed E-state index contributed by atoms with van der Waals surface area (Å²) in [6.07, 6.45) is 1.12. The van der Waals surface area contributed by atoms with Crippen molar-refractivity contribution in [2.75, 3.05) is 0 Å². The van der Waals surface area contributed by atoms with Gasteiger partial charge in [0.1, 0.15) is 11.6 Å². The Kier molecular flexibility index (Phi) is 2.58. The van der Waals surface area contributed by atoms with E-state index in [0.29, 0.717) is 0 Å². The largest absolute Gasteiger partial charge is 0.363 e. The highest BCUT2D eigenvalue weighted by Gasteiger charge is 2.05. The second-order valence-electron chi connectivity index (χ2n) is 1.07. The maximum absolute atomic E-state index is 10.2. The molecule has 0 amide bonds. The molecule has 4 heteroatoms. The molecule has 0 bridgehead atoms. The molecular weight excluding hydrogens is 120 g/mol. The van der Waals surface area contributed by atoms with E-state index >= 15 is 0 Å². The van der Waals surface area contributed by atoms with Gasteiger partial charge in [0.05, 0.1) is 0 Å². The number of carbonyl (C=O) groups excluding carboxylic acids is 1. The van der Waals surface area contributed by atoms with Crippen LogP contribution in [0.15, 0.2) is 12.2 Å². The summed E-state index contributed by atoms with van der Waals surface area (Å²) in [5.74, 6) is -1.00. The summed E-state index contributed by atoms with van der Waals surface area (Å²) >= 11 is 0. The van der Waals surface area contributed by atoms with Crippen LogP contribution in [0.5, 0.6) is 0 Å². The maximum atomic E-state index is 10.2. The molecule has 0 spiro atoms. The summed E-state index contributed by atoms with van der Waals surface area (Å²) in [4.78, 5) is 10.2. The van der Waals surface area contributed by atoms with Crippen molar-refractivity contribution in [2.45, 2.75) is 0 Å². The van der Waals surface area contributed by atoms with Crippen LogP contribution in [-0.4, -0.2) is 5.97 Å². The number of rotatable bonds is 1. The molecule has 0 saturated carbocycles. The highest BCUT2D eigenvalue weighted by Crippen LogP contribution is 1.88. The predicted molar refractivity (Wildman–Crippen MR) is 26.5 cm³/mol. The van der Waals surface area contributed by atoms with Crippen molar-refractivity contribution in [3.05, 3.63) is 12.2 Å². The van der Waals surface area contributed by atoms with Crippen LogP contribution in [0.4, 0.5) is 0 Å². The van der Waals surface area contributed by atoms with Crippen LogP contribution in [0.2, 0.25) is 0 Å². The SMILES string of the molecule is C=C(C#N)C(=O)OC#N. The molecule has 0 aliphatic heterocycles. The summed E-state index contributed by atoms with van der Waals surface area (Å²) in [5, 5.41) is 15.7. The van der Waals surface area contributed by atoms with Gasteiger partial charge in [-0.05, 0) is 0 Å². The standard InChI is InChI=1S/C5H2N2O2/c1-4(2-6)5(8)9-3-7/h1H2. The first kappa shape index (κ1) is 7.19. The Hall–Kier alpha value is -1.81. The highest BCUT2D eigenvalue weighted by molar-refractivity contribution is 5.92. The van der Waals surface area contributed by atoms with E-state index in [-0.39, 0.29) is 5.57 Å². The molecule has 0 rings (SSSR count). The van der Waals surface area contributed by atoms with Crippen LogP contribution in [0, 0.1) is 22.8 Å². The lowest BCUT2D eigenvalue weighted by molar-refractivity contribution is -0.132. The summed E-state index contributed by atoms with van der Waals surface area (Å²) in [6, 6.07) is 1.43. The first-order chi connectivity index (χ1) is 4.22. The number of hydrogen-bond acceptors (Lipinski definition) is 4. The van der Waals surface area contributed by atoms with E-state index in [1.165, 1.54) is 6.07 Å². The van der Waals surface area contributed by atoms with Gasteiger partial charge in [-0.2, -0.15) is 5.26 Å². The lowest BCUT2D eigenvalue weighted by Gasteiger charge is -1.85.